The number of ketones is 1. The molecule has 0 aromatic heterocycles. The molecule has 0 unspecified atom stereocenters. The van der Waals surface area contributed by atoms with Crippen LogP contribution in [0, 0.1) is 0 Å². The molecule has 64 valence electrons. The van der Waals surface area contributed by atoms with Gasteiger partial charge >= 0.3 is 0 Å². The zero-order valence-corrected chi connectivity index (χ0v) is 7.85. The van der Waals surface area contributed by atoms with Gasteiger partial charge in [0, 0.05) is 31.8 Å². The van der Waals surface area contributed by atoms with E-state index >= 15 is 0 Å². The maximum absolute atomic E-state index is 11.1. The zero-order chi connectivity index (χ0) is 8.85. The van der Waals surface area contributed by atoms with Crippen molar-refractivity contribution in [2.45, 2.75) is 27.2 Å². The van der Waals surface area contributed by atoms with E-state index in [1.165, 1.54) is 0 Å². The van der Waals surface area contributed by atoms with Crippen LogP contribution >= 0.6 is 0 Å². The molecule has 0 fully saturated rings. The molecule has 0 radical (unpaired) electrons. The van der Waals surface area contributed by atoms with Crippen LogP contribution in [0.1, 0.15) is 27.2 Å². The normalized spacial score (nSPS) is 11.5. The summed E-state index contributed by atoms with van der Waals surface area (Å²) in [6.45, 7) is 6.73. The highest BCUT2D eigenvalue weighted by molar-refractivity contribution is 5.94. The van der Waals surface area contributed by atoms with E-state index in [-0.39, 0.29) is 5.78 Å². The van der Waals surface area contributed by atoms with Gasteiger partial charge in [-0.2, -0.15) is 0 Å². The Morgan fingerprint density at radius 1 is 1.45 bits per heavy atom. The highest BCUT2D eigenvalue weighted by Crippen LogP contribution is 1.99. The lowest BCUT2D eigenvalue weighted by molar-refractivity contribution is -0.115. The molecule has 2 heteroatoms. The summed E-state index contributed by atoms with van der Waals surface area (Å²) in [7, 11) is 1.96. The topological polar surface area (TPSA) is 20.3 Å². The molecule has 0 saturated carbocycles. The van der Waals surface area contributed by atoms with Crippen LogP contribution < -0.4 is 0 Å². The standard InChI is InChI=1S/C9H17NO/c1-5-9(11)8(3)7-10(4)6-2/h7H,5-6H2,1-4H3/b8-7-. The van der Waals surface area contributed by atoms with Crippen molar-refractivity contribution < 1.29 is 4.79 Å². The first kappa shape index (κ1) is 10.2. The number of hydrogen-bond donors (Lipinski definition) is 0. The van der Waals surface area contributed by atoms with Gasteiger partial charge in [0.2, 0.25) is 0 Å². The lowest BCUT2D eigenvalue weighted by Crippen LogP contribution is -2.11. The first-order valence-corrected chi connectivity index (χ1v) is 4.03. The number of carbonyl (C=O) groups is 1. The second-order valence-electron chi connectivity index (χ2n) is 2.66. The number of rotatable bonds is 4. The average Bonchev–Trinajstić information content (AvgIpc) is 2.02. The molecule has 0 aromatic rings. The molecule has 0 aliphatic rings. The fraction of sp³-hybridized carbons (Fsp3) is 0.667. The first-order chi connectivity index (χ1) is 5.11. The van der Waals surface area contributed by atoms with Crippen LogP contribution in [0.15, 0.2) is 11.8 Å². The maximum Gasteiger partial charge on any atom is 0.159 e. The van der Waals surface area contributed by atoms with E-state index < -0.39 is 0 Å². The number of nitrogens with zero attached hydrogens (tertiary/aromatic N) is 1. The molecule has 0 bridgehead atoms. The molecule has 0 saturated heterocycles. The maximum atomic E-state index is 11.1. The Labute approximate surface area is 68.9 Å². The molecular weight excluding hydrogens is 138 g/mol. The van der Waals surface area contributed by atoms with Gasteiger partial charge in [0.15, 0.2) is 5.78 Å². The molecule has 0 aromatic carbocycles. The summed E-state index contributed by atoms with van der Waals surface area (Å²) < 4.78 is 0. The number of allylic oxidation sites excluding steroid dienone is 1. The van der Waals surface area contributed by atoms with Crippen molar-refractivity contribution in [1.29, 1.82) is 0 Å². The highest BCUT2D eigenvalue weighted by atomic mass is 16.1. The van der Waals surface area contributed by atoms with Crippen molar-refractivity contribution in [3.05, 3.63) is 11.8 Å². The predicted octanol–water partition coefficient (Wildman–Crippen LogP) is 1.82. The molecule has 0 aliphatic heterocycles. The molecule has 2 nitrogen and oxygen atoms in total. The van der Waals surface area contributed by atoms with Gasteiger partial charge in [-0.15, -0.1) is 0 Å². The summed E-state index contributed by atoms with van der Waals surface area (Å²) in [6.07, 6.45) is 2.49. The summed E-state index contributed by atoms with van der Waals surface area (Å²) >= 11 is 0. The van der Waals surface area contributed by atoms with E-state index in [0.717, 1.165) is 12.1 Å². The monoisotopic (exact) mass is 155 g/mol. The molecule has 11 heavy (non-hydrogen) atoms. The minimum atomic E-state index is 0.227. The average molecular weight is 155 g/mol. The molecule has 0 amide bonds. The largest absolute Gasteiger partial charge is 0.380 e. The minimum absolute atomic E-state index is 0.227. The molecule has 0 N–H and O–H groups in total. The van der Waals surface area contributed by atoms with Gasteiger partial charge in [-0.05, 0) is 13.8 Å². The molecule has 0 aliphatic carbocycles. The van der Waals surface area contributed by atoms with Crippen molar-refractivity contribution in [2.75, 3.05) is 13.6 Å². The Bertz CT molecular complexity index is 161. The van der Waals surface area contributed by atoms with Crippen molar-refractivity contribution >= 4 is 5.78 Å². The van der Waals surface area contributed by atoms with Crippen LogP contribution in [0.2, 0.25) is 0 Å². The molecule has 0 rings (SSSR count). The summed E-state index contributed by atoms with van der Waals surface area (Å²) in [4.78, 5) is 13.1. The van der Waals surface area contributed by atoms with Crippen LogP contribution in [-0.2, 0) is 4.79 Å². The fourth-order valence-electron chi connectivity index (χ4n) is 0.773. The van der Waals surface area contributed by atoms with Gasteiger partial charge < -0.3 is 4.90 Å². The van der Waals surface area contributed by atoms with Crippen molar-refractivity contribution in [3.63, 3.8) is 0 Å². The fourth-order valence-corrected chi connectivity index (χ4v) is 0.773. The van der Waals surface area contributed by atoms with E-state index in [1.807, 2.05) is 32.0 Å². The molecule has 0 atom stereocenters. The Balaban J connectivity index is 4.09. The number of carbonyl (C=O) groups excluding carboxylic acids is 1. The highest BCUT2D eigenvalue weighted by Gasteiger charge is 2.00. The van der Waals surface area contributed by atoms with E-state index in [0.29, 0.717) is 6.42 Å². The SMILES string of the molecule is CCC(=O)/C(C)=C\N(C)CC. The second-order valence-corrected chi connectivity index (χ2v) is 2.66. The van der Waals surface area contributed by atoms with Gasteiger partial charge in [-0.25, -0.2) is 0 Å². The molecule has 0 spiro atoms. The van der Waals surface area contributed by atoms with Gasteiger partial charge in [0.25, 0.3) is 0 Å². The predicted molar refractivity (Wildman–Crippen MR) is 47.4 cm³/mol. The van der Waals surface area contributed by atoms with Crippen LogP contribution in [0.5, 0.6) is 0 Å². The van der Waals surface area contributed by atoms with Crippen LogP contribution in [0.25, 0.3) is 0 Å². The Kier molecular flexibility index (Phi) is 4.59. The summed E-state index contributed by atoms with van der Waals surface area (Å²) in [5.41, 5.74) is 0.844. The zero-order valence-electron chi connectivity index (χ0n) is 7.85. The second kappa shape index (κ2) is 4.94. The summed E-state index contributed by atoms with van der Waals surface area (Å²) in [5.74, 6) is 0.227. The van der Waals surface area contributed by atoms with E-state index in [2.05, 4.69) is 6.92 Å². The Morgan fingerprint density at radius 3 is 2.36 bits per heavy atom. The van der Waals surface area contributed by atoms with Crippen LogP contribution in [-0.4, -0.2) is 24.3 Å². The van der Waals surface area contributed by atoms with Crippen LogP contribution in [0.4, 0.5) is 0 Å². The van der Waals surface area contributed by atoms with E-state index in [4.69, 9.17) is 0 Å². The van der Waals surface area contributed by atoms with Gasteiger partial charge in [0.05, 0.1) is 0 Å². The van der Waals surface area contributed by atoms with Gasteiger partial charge in [0.1, 0.15) is 0 Å². The lowest BCUT2D eigenvalue weighted by atomic mass is 10.2. The van der Waals surface area contributed by atoms with Crippen molar-refractivity contribution in [3.8, 4) is 0 Å². The first-order valence-electron chi connectivity index (χ1n) is 4.03. The van der Waals surface area contributed by atoms with Crippen LogP contribution in [0.3, 0.4) is 0 Å². The third kappa shape index (κ3) is 3.81. The third-order valence-electron chi connectivity index (χ3n) is 1.67. The van der Waals surface area contributed by atoms with E-state index in [1.54, 1.807) is 0 Å². The quantitative estimate of drug-likeness (QED) is 0.577. The smallest absolute Gasteiger partial charge is 0.159 e. The van der Waals surface area contributed by atoms with Gasteiger partial charge in [-0.1, -0.05) is 6.92 Å². The number of hydrogen-bond acceptors (Lipinski definition) is 2. The minimum Gasteiger partial charge on any atom is -0.380 e. The Hall–Kier alpha value is -0.790. The van der Waals surface area contributed by atoms with Crippen molar-refractivity contribution in [2.24, 2.45) is 0 Å². The lowest BCUT2D eigenvalue weighted by Gasteiger charge is -2.11. The van der Waals surface area contributed by atoms with Crippen molar-refractivity contribution in [1.82, 2.24) is 4.90 Å². The summed E-state index contributed by atoms with van der Waals surface area (Å²) in [5, 5.41) is 0. The Morgan fingerprint density at radius 2 is 2.00 bits per heavy atom. The number of Topliss-reactive ketones (excluding diaryl/α,β-unsaturated/α-hetero) is 1. The summed E-state index contributed by atoms with van der Waals surface area (Å²) in [6, 6.07) is 0. The van der Waals surface area contributed by atoms with E-state index in [9.17, 15) is 4.79 Å². The molecule has 0 heterocycles. The molecular formula is C9H17NO. The third-order valence-corrected chi connectivity index (χ3v) is 1.67. The van der Waals surface area contributed by atoms with Gasteiger partial charge in [-0.3, -0.25) is 4.79 Å².